The Balaban J connectivity index is 0.000000325. The van der Waals surface area contributed by atoms with Crippen molar-refractivity contribution in [3.63, 3.8) is 0 Å². The van der Waals surface area contributed by atoms with Crippen molar-refractivity contribution in [1.82, 2.24) is 0 Å². The molecule has 0 saturated heterocycles. The van der Waals surface area contributed by atoms with Gasteiger partial charge in [0.1, 0.15) is 0 Å². The minimum atomic E-state index is -1.42. The predicted octanol–water partition coefficient (Wildman–Crippen LogP) is 2.10. The fourth-order valence-electron chi connectivity index (χ4n) is 1.18. The number of aryl methyl sites for hydroxylation is 1. The predicted molar refractivity (Wildman–Crippen MR) is 69.6 cm³/mol. The summed E-state index contributed by atoms with van der Waals surface area (Å²) in [4.78, 5) is 0. The first kappa shape index (κ1) is 16.1. The molecule has 3 nitrogen and oxygen atoms in total. The van der Waals surface area contributed by atoms with E-state index in [-0.39, 0.29) is 6.61 Å². The van der Waals surface area contributed by atoms with E-state index in [4.69, 9.17) is 15.3 Å². The summed E-state index contributed by atoms with van der Waals surface area (Å²) in [6, 6.07) is 10.2. The summed E-state index contributed by atoms with van der Waals surface area (Å²) in [6.07, 6.45) is 2.66. The number of hydrogen-bond acceptors (Lipinski definition) is 3. The smallest absolute Gasteiger partial charge is 0.161 e. The van der Waals surface area contributed by atoms with E-state index in [1.165, 1.54) is 5.56 Å². The lowest BCUT2D eigenvalue weighted by Crippen LogP contribution is -2.24. The van der Waals surface area contributed by atoms with Crippen LogP contribution in [-0.4, -0.2) is 27.7 Å². The molecule has 0 aliphatic heterocycles. The summed E-state index contributed by atoms with van der Waals surface area (Å²) in [5, 5.41) is 25.9. The minimum absolute atomic E-state index is 0.287. The van der Waals surface area contributed by atoms with Crippen molar-refractivity contribution in [2.45, 2.75) is 45.3 Å². The molecule has 0 aliphatic rings. The first-order valence-electron chi connectivity index (χ1n) is 6.15. The number of rotatable bonds is 5. The van der Waals surface area contributed by atoms with Gasteiger partial charge in [-0.3, -0.25) is 0 Å². The maximum absolute atomic E-state index is 8.69. The average molecular weight is 240 g/mol. The Bertz CT molecular complexity index is 264. The van der Waals surface area contributed by atoms with Crippen molar-refractivity contribution in [2.24, 2.45) is 0 Å². The highest BCUT2D eigenvalue weighted by molar-refractivity contribution is 5.14. The lowest BCUT2D eigenvalue weighted by Gasteiger charge is -2.15. The van der Waals surface area contributed by atoms with Gasteiger partial charge in [-0.05, 0) is 31.2 Å². The third-order valence-electron chi connectivity index (χ3n) is 2.60. The molecule has 0 aliphatic carbocycles. The molecule has 0 aromatic heterocycles. The van der Waals surface area contributed by atoms with Gasteiger partial charge in [0.05, 0.1) is 0 Å². The molecule has 0 atom stereocenters. The van der Waals surface area contributed by atoms with Crippen molar-refractivity contribution < 1.29 is 15.3 Å². The number of hydrogen-bond donors (Lipinski definition) is 3. The van der Waals surface area contributed by atoms with E-state index < -0.39 is 5.79 Å². The minimum Gasteiger partial charge on any atom is -0.396 e. The van der Waals surface area contributed by atoms with Gasteiger partial charge in [-0.15, -0.1) is 0 Å². The van der Waals surface area contributed by atoms with Crippen LogP contribution < -0.4 is 0 Å². The van der Waals surface area contributed by atoms with Gasteiger partial charge in [-0.25, -0.2) is 0 Å². The van der Waals surface area contributed by atoms with Gasteiger partial charge in [0.25, 0.3) is 0 Å². The molecule has 0 bridgehead atoms. The normalized spacial score (nSPS) is 10.6. The lowest BCUT2D eigenvalue weighted by molar-refractivity contribution is -0.163. The Hall–Kier alpha value is -0.900. The molecule has 1 aromatic carbocycles. The van der Waals surface area contributed by atoms with Crippen LogP contribution in [0.2, 0.25) is 0 Å². The number of aliphatic hydroxyl groups is 3. The van der Waals surface area contributed by atoms with Crippen LogP contribution in [0.1, 0.15) is 38.7 Å². The van der Waals surface area contributed by atoms with Crippen molar-refractivity contribution in [1.29, 1.82) is 0 Å². The molecule has 0 unspecified atom stereocenters. The van der Waals surface area contributed by atoms with E-state index >= 15 is 0 Å². The monoisotopic (exact) mass is 240 g/mol. The lowest BCUT2D eigenvalue weighted by atomic mass is 10.1. The van der Waals surface area contributed by atoms with Gasteiger partial charge in [0.15, 0.2) is 5.79 Å². The van der Waals surface area contributed by atoms with Gasteiger partial charge in [0.2, 0.25) is 0 Å². The molecule has 0 heterocycles. The van der Waals surface area contributed by atoms with Crippen LogP contribution in [0.25, 0.3) is 0 Å². The topological polar surface area (TPSA) is 60.7 Å². The summed E-state index contributed by atoms with van der Waals surface area (Å²) >= 11 is 0. The zero-order chi connectivity index (χ0) is 13.1. The molecule has 0 spiro atoms. The second-order valence-corrected chi connectivity index (χ2v) is 4.00. The summed E-state index contributed by atoms with van der Waals surface area (Å²) in [5.74, 6) is -1.42. The van der Waals surface area contributed by atoms with Crippen molar-refractivity contribution in [3.8, 4) is 0 Å². The van der Waals surface area contributed by atoms with Crippen molar-refractivity contribution >= 4 is 0 Å². The van der Waals surface area contributed by atoms with Crippen LogP contribution in [0.5, 0.6) is 0 Å². The maximum Gasteiger partial charge on any atom is 0.161 e. The molecule has 1 aromatic rings. The standard InChI is InChI=1S/C9H12O.C5H12O2/c10-8-4-7-9-5-2-1-3-6-9;1-3-5(6,7)4-2/h1-3,5-6,10H,4,7-8H2;6-7H,3-4H2,1-2H3. The highest BCUT2D eigenvalue weighted by atomic mass is 16.5. The van der Waals surface area contributed by atoms with E-state index in [0.29, 0.717) is 12.8 Å². The van der Waals surface area contributed by atoms with Gasteiger partial charge in [-0.1, -0.05) is 44.2 Å². The fourth-order valence-corrected chi connectivity index (χ4v) is 1.18. The SMILES string of the molecule is CCC(O)(O)CC.OCCCc1ccccc1. The molecular formula is C14H24O3. The van der Waals surface area contributed by atoms with E-state index in [0.717, 1.165) is 12.8 Å². The van der Waals surface area contributed by atoms with Crippen molar-refractivity contribution in [2.75, 3.05) is 6.61 Å². The second-order valence-electron chi connectivity index (χ2n) is 4.00. The highest BCUT2D eigenvalue weighted by Crippen LogP contribution is 2.07. The highest BCUT2D eigenvalue weighted by Gasteiger charge is 2.15. The van der Waals surface area contributed by atoms with Crippen molar-refractivity contribution in [3.05, 3.63) is 35.9 Å². The Labute approximate surface area is 104 Å². The maximum atomic E-state index is 8.69. The Kier molecular flexibility index (Phi) is 8.68. The molecule has 1 rings (SSSR count). The molecule has 3 N–H and O–H groups in total. The molecule has 98 valence electrons. The van der Waals surface area contributed by atoms with Gasteiger partial charge < -0.3 is 15.3 Å². The number of aliphatic hydroxyl groups excluding tert-OH is 1. The molecule has 17 heavy (non-hydrogen) atoms. The van der Waals surface area contributed by atoms with E-state index in [9.17, 15) is 0 Å². The van der Waals surface area contributed by atoms with Crippen LogP contribution >= 0.6 is 0 Å². The van der Waals surface area contributed by atoms with E-state index in [2.05, 4.69) is 12.1 Å². The van der Waals surface area contributed by atoms with Crippen LogP contribution in [0, 0.1) is 0 Å². The summed E-state index contributed by atoms with van der Waals surface area (Å²) in [7, 11) is 0. The van der Waals surface area contributed by atoms with E-state index in [1.54, 1.807) is 13.8 Å². The average Bonchev–Trinajstić information content (AvgIpc) is 2.38. The third kappa shape index (κ3) is 8.86. The zero-order valence-electron chi connectivity index (χ0n) is 10.8. The fraction of sp³-hybridized carbons (Fsp3) is 0.571. The Morgan fingerprint density at radius 3 is 1.88 bits per heavy atom. The quantitative estimate of drug-likeness (QED) is 0.691. The van der Waals surface area contributed by atoms with Crippen LogP contribution in [0.15, 0.2) is 30.3 Å². The summed E-state index contributed by atoms with van der Waals surface area (Å²) in [5.41, 5.74) is 1.30. The Morgan fingerprint density at radius 1 is 1.00 bits per heavy atom. The van der Waals surface area contributed by atoms with Crippen LogP contribution in [-0.2, 0) is 6.42 Å². The zero-order valence-corrected chi connectivity index (χ0v) is 10.8. The molecule has 3 heteroatoms. The third-order valence-corrected chi connectivity index (χ3v) is 2.60. The molecule has 0 amide bonds. The van der Waals surface area contributed by atoms with E-state index in [1.807, 2.05) is 18.2 Å². The van der Waals surface area contributed by atoms with Crippen LogP contribution in [0.4, 0.5) is 0 Å². The first-order chi connectivity index (χ1) is 8.05. The Morgan fingerprint density at radius 2 is 1.53 bits per heavy atom. The molecular weight excluding hydrogens is 216 g/mol. The molecule has 0 saturated carbocycles. The van der Waals surface area contributed by atoms with Gasteiger partial charge in [0, 0.05) is 6.61 Å². The van der Waals surface area contributed by atoms with Crippen LogP contribution in [0.3, 0.4) is 0 Å². The van der Waals surface area contributed by atoms with Gasteiger partial charge in [-0.2, -0.15) is 0 Å². The summed E-state index contributed by atoms with van der Waals surface area (Å²) in [6.45, 7) is 3.77. The van der Waals surface area contributed by atoms with Gasteiger partial charge >= 0.3 is 0 Å². The largest absolute Gasteiger partial charge is 0.396 e. The molecule has 0 fully saturated rings. The molecule has 0 radical (unpaired) electrons. The second kappa shape index (κ2) is 9.16. The number of benzene rings is 1. The first-order valence-corrected chi connectivity index (χ1v) is 6.15. The summed E-state index contributed by atoms with van der Waals surface area (Å²) < 4.78 is 0.